The number of carbonyl (C=O) groups is 2. The van der Waals surface area contributed by atoms with Gasteiger partial charge in [-0.25, -0.2) is 0 Å². The molecule has 1 N–H and O–H groups in total. The summed E-state index contributed by atoms with van der Waals surface area (Å²) in [6, 6.07) is 9.09. The highest BCUT2D eigenvalue weighted by molar-refractivity contribution is 6.46. The van der Waals surface area contributed by atoms with Crippen LogP contribution < -0.4 is 19.5 Å². The van der Waals surface area contributed by atoms with E-state index in [-0.39, 0.29) is 23.4 Å². The van der Waals surface area contributed by atoms with E-state index in [2.05, 4.69) is 0 Å². The van der Waals surface area contributed by atoms with Crippen LogP contribution >= 0.6 is 0 Å². The summed E-state index contributed by atoms with van der Waals surface area (Å²) in [6.07, 6.45) is 0.588. The standard InChI is InChI=1S/C24H27N3O7/c1-25(2)11-6-12-26-21(15-7-5-8-17(13-15)27(31)32)20(23(29)24(26)30)22(28)16-9-10-18(33-3)19(14-16)34-4/h5,7-10,13-14,21,28H,6,11-12H2,1-4H3/b22-20+. The Balaban J connectivity index is 2.16. The number of nitrogens with one attached hydrogen (secondary N) is 1. The van der Waals surface area contributed by atoms with Crippen LogP contribution in [0.25, 0.3) is 5.76 Å². The van der Waals surface area contributed by atoms with Crippen molar-refractivity contribution in [3.63, 3.8) is 0 Å². The van der Waals surface area contributed by atoms with E-state index >= 15 is 0 Å². The Hall–Kier alpha value is -3.92. The minimum absolute atomic E-state index is 0.142. The van der Waals surface area contributed by atoms with Gasteiger partial charge in [0.1, 0.15) is 0 Å². The summed E-state index contributed by atoms with van der Waals surface area (Å²) in [5.41, 5.74) is 0.0352. The van der Waals surface area contributed by atoms with Crippen molar-refractivity contribution in [3.05, 3.63) is 69.3 Å². The van der Waals surface area contributed by atoms with E-state index in [0.29, 0.717) is 23.5 Å². The van der Waals surface area contributed by atoms with Gasteiger partial charge in [0.2, 0.25) is 5.78 Å². The second-order valence-electron chi connectivity index (χ2n) is 8.21. The molecule has 0 radical (unpaired) electrons. The third-order valence-electron chi connectivity index (χ3n) is 5.65. The van der Waals surface area contributed by atoms with Crippen molar-refractivity contribution in [3.8, 4) is 11.5 Å². The molecule has 10 nitrogen and oxygen atoms in total. The first kappa shape index (κ1) is 24.7. The number of ketones is 1. The molecule has 0 saturated carbocycles. The van der Waals surface area contributed by atoms with Gasteiger partial charge < -0.3 is 24.4 Å². The van der Waals surface area contributed by atoms with Crippen LogP contribution in [0.15, 0.2) is 48.0 Å². The van der Waals surface area contributed by atoms with Gasteiger partial charge in [0.15, 0.2) is 11.5 Å². The average molecular weight is 469 g/mol. The van der Waals surface area contributed by atoms with E-state index in [4.69, 9.17) is 9.47 Å². The number of hydrogen-bond donors (Lipinski definition) is 1. The zero-order valence-electron chi connectivity index (χ0n) is 19.5. The molecule has 180 valence electrons. The Bertz CT molecular complexity index is 1140. The minimum Gasteiger partial charge on any atom is -0.872 e. The molecule has 0 bridgehead atoms. The van der Waals surface area contributed by atoms with Crippen molar-refractivity contribution >= 4 is 23.1 Å². The molecule has 3 rings (SSSR count). The summed E-state index contributed by atoms with van der Waals surface area (Å²) in [7, 11) is 6.81. The van der Waals surface area contributed by atoms with Crippen molar-refractivity contribution in [2.45, 2.75) is 12.5 Å². The SMILES string of the molecule is COc1ccc(/C([O-])=C2\C(=O)C(=O)N(CCC[NH+](C)C)C2c2cccc([N+](=O)[O-])c2)cc1OC. The molecule has 2 aromatic rings. The van der Waals surface area contributed by atoms with Crippen LogP contribution in [0.4, 0.5) is 5.69 Å². The van der Waals surface area contributed by atoms with Crippen molar-refractivity contribution in [2.75, 3.05) is 41.4 Å². The monoisotopic (exact) mass is 469 g/mol. The highest BCUT2D eigenvalue weighted by Gasteiger charge is 2.44. The second-order valence-corrected chi connectivity index (χ2v) is 8.21. The van der Waals surface area contributed by atoms with E-state index in [0.717, 1.165) is 11.4 Å². The highest BCUT2D eigenvalue weighted by Crippen LogP contribution is 2.40. The number of likely N-dealkylation sites (tertiary alicyclic amines) is 1. The third-order valence-corrected chi connectivity index (χ3v) is 5.65. The van der Waals surface area contributed by atoms with E-state index in [9.17, 15) is 24.8 Å². The van der Waals surface area contributed by atoms with Crippen LogP contribution in [0.1, 0.15) is 23.6 Å². The molecule has 2 aromatic carbocycles. The lowest BCUT2D eigenvalue weighted by Crippen LogP contribution is -3.05. The second kappa shape index (κ2) is 10.3. The van der Waals surface area contributed by atoms with Crippen molar-refractivity contribution in [1.82, 2.24) is 4.90 Å². The Labute approximate surface area is 197 Å². The number of Topliss-reactive ketones (excluding diaryl/α,β-unsaturated/α-hetero) is 1. The number of nitrogens with zero attached hydrogens (tertiary/aromatic N) is 2. The Kier molecular flexibility index (Phi) is 7.52. The largest absolute Gasteiger partial charge is 0.872 e. The topological polar surface area (TPSA) is 126 Å². The summed E-state index contributed by atoms with van der Waals surface area (Å²) in [5.74, 6) is -1.65. The van der Waals surface area contributed by atoms with Crippen LogP contribution in [0.5, 0.6) is 11.5 Å². The Morgan fingerprint density at radius 3 is 2.41 bits per heavy atom. The number of benzene rings is 2. The van der Waals surface area contributed by atoms with Crippen molar-refractivity contribution in [2.24, 2.45) is 0 Å². The first-order valence-corrected chi connectivity index (χ1v) is 10.7. The molecule has 0 aliphatic carbocycles. The minimum atomic E-state index is -1.03. The maximum Gasteiger partial charge on any atom is 0.295 e. The van der Waals surface area contributed by atoms with E-state index in [1.807, 2.05) is 14.1 Å². The van der Waals surface area contributed by atoms with E-state index in [1.165, 1.54) is 55.5 Å². The Morgan fingerprint density at radius 1 is 1.09 bits per heavy atom. The molecule has 1 amide bonds. The predicted octanol–water partition coefficient (Wildman–Crippen LogP) is 0.371. The van der Waals surface area contributed by atoms with Gasteiger partial charge in [-0.15, -0.1) is 0 Å². The summed E-state index contributed by atoms with van der Waals surface area (Å²) in [5, 5.41) is 24.9. The van der Waals surface area contributed by atoms with Crippen LogP contribution in [-0.4, -0.2) is 62.9 Å². The number of methoxy groups -OCH3 is 2. The zero-order valence-corrected chi connectivity index (χ0v) is 19.5. The zero-order chi connectivity index (χ0) is 25.0. The molecule has 1 fully saturated rings. The lowest BCUT2D eigenvalue weighted by atomic mass is 9.94. The van der Waals surface area contributed by atoms with Gasteiger partial charge >= 0.3 is 0 Å². The average Bonchev–Trinajstić information content (AvgIpc) is 3.08. The Morgan fingerprint density at radius 2 is 1.79 bits per heavy atom. The number of non-ortho nitro benzene ring substituents is 1. The molecule has 0 spiro atoms. The number of nitro groups is 1. The van der Waals surface area contributed by atoms with Gasteiger partial charge in [0.05, 0.1) is 45.8 Å². The molecule has 1 aliphatic heterocycles. The highest BCUT2D eigenvalue weighted by atomic mass is 16.6. The quantitative estimate of drug-likeness (QED) is 0.185. The number of amides is 1. The molecule has 1 saturated heterocycles. The molecule has 1 unspecified atom stereocenters. The summed E-state index contributed by atoms with van der Waals surface area (Å²) in [6.45, 7) is 0.963. The van der Waals surface area contributed by atoms with E-state index in [1.54, 1.807) is 6.07 Å². The molecule has 1 atom stereocenters. The normalized spacial score (nSPS) is 17.3. The summed E-state index contributed by atoms with van der Waals surface area (Å²) in [4.78, 5) is 39.3. The molecule has 10 heteroatoms. The number of hydrogen-bond acceptors (Lipinski definition) is 7. The van der Waals surface area contributed by atoms with E-state index < -0.39 is 28.4 Å². The van der Waals surface area contributed by atoms with Crippen LogP contribution in [0, 0.1) is 10.1 Å². The lowest BCUT2D eigenvalue weighted by Gasteiger charge is -2.27. The molecule has 34 heavy (non-hydrogen) atoms. The fraction of sp³-hybridized carbons (Fsp3) is 0.333. The summed E-state index contributed by atoms with van der Waals surface area (Å²) >= 11 is 0. The van der Waals surface area contributed by atoms with Gasteiger partial charge in [-0.3, -0.25) is 19.7 Å². The van der Waals surface area contributed by atoms with Gasteiger partial charge in [0.25, 0.3) is 11.6 Å². The van der Waals surface area contributed by atoms with Gasteiger partial charge in [-0.1, -0.05) is 24.0 Å². The number of carbonyl (C=O) groups excluding carboxylic acids is 2. The van der Waals surface area contributed by atoms with Gasteiger partial charge in [-0.05, 0) is 23.3 Å². The van der Waals surface area contributed by atoms with Crippen LogP contribution in [-0.2, 0) is 9.59 Å². The maximum atomic E-state index is 13.5. The van der Waals surface area contributed by atoms with Crippen LogP contribution in [0.2, 0.25) is 0 Å². The molecular formula is C24H27N3O7. The fourth-order valence-corrected chi connectivity index (χ4v) is 3.99. The van der Waals surface area contributed by atoms with Crippen molar-refractivity contribution < 1.29 is 34.0 Å². The lowest BCUT2D eigenvalue weighted by molar-refractivity contribution is -0.858. The fourth-order valence-electron chi connectivity index (χ4n) is 3.99. The third kappa shape index (κ3) is 4.86. The first-order valence-electron chi connectivity index (χ1n) is 10.7. The van der Waals surface area contributed by atoms with Crippen molar-refractivity contribution in [1.29, 1.82) is 0 Å². The summed E-state index contributed by atoms with van der Waals surface area (Å²) < 4.78 is 10.5. The molecule has 0 aromatic heterocycles. The number of rotatable bonds is 9. The smallest absolute Gasteiger partial charge is 0.295 e. The molecule has 1 aliphatic rings. The first-order chi connectivity index (χ1) is 16.2. The molecular weight excluding hydrogens is 442 g/mol. The van der Waals surface area contributed by atoms with Gasteiger partial charge in [0, 0.05) is 30.7 Å². The predicted molar refractivity (Wildman–Crippen MR) is 121 cm³/mol. The maximum absolute atomic E-state index is 13.5. The van der Waals surface area contributed by atoms with Gasteiger partial charge in [-0.2, -0.15) is 0 Å². The molecule has 1 heterocycles. The number of quaternary nitrogens is 1. The van der Waals surface area contributed by atoms with Crippen LogP contribution in [0.3, 0.4) is 0 Å². The number of nitro benzene ring substituents is 1. The number of ether oxygens (including phenoxy) is 2.